The SMILES string of the molecule is CN(/N=C/c1ccccn1)c1cc(N(C)/N=C/c2ccccn2)nc(-c2c3ccccc3cc3ccccc23)n1. The van der Waals surface area contributed by atoms with Gasteiger partial charge in [0.2, 0.25) is 0 Å². The second-order valence-electron chi connectivity index (χ2n) is 9.15. The van der Waals surface area contributed by atoms with Crippen LogP contribution < -0.4 is 10.0 Å². The van der Waals surface area contributed by atoms with Crippen molar-refractivity contribution in [2.45, 2.75) is 0 Å². The van der Waals surface area contributed by atoms with Crippen molar-refractivity contribution in [2.75, 3.05) is 24.1 Å². The van der Waals surface area contributed by atoms with Gasteiger partial charge in [-0.2, -0.15) is 10.2 Å². The van der Waals surface area contributed by atoms with Crippen LogP contribution in [0.15, 0.2) is 120 Å². The Hall–Kier alpha value is -5.50. The number of hydrogen-bond acceptors (Lipinski definition) is 8. The monoisotopic (exact) mass is 522 g/mol. The maximum Gasteiger partial charge on any atom is 0.165 e. The number of rotatable bonds is 7. The van der Waals surface area contributed by atoms with Gasteiger partial charge in [0.25, 0.3) is 0 Å². The number of hydrazone groups is 2. The zero-order valence-corrected chi connectivity index (χ0v) is 22.1. The van der Waals surface area contributed by atoms with Crippen molar-refractivity contribution in [3.05, 3.63) is 121 Å². The lowest BCUT2D eigenvalue weighted by molar-refractivity contribution is 0.936. The summed E-state index contributed by atoms with van der Waals surface area (Å²) in [4.78, 5) is 18.7. The van der Waals surface area contributed by atoms with E-state index in [0.29, 0.717) is 17.5 Å². The van der Waals surface area contributed by atoms with Gasteiger partial charge in [0, 0.05) is 38.1 Å². The van der Waals surface area contributed by atoms with Crippen LogP contribution >= 0.6 is 0 Å². The lowest BCUT2D eigenvalue weighted by atomic mass is 9.96. The van der Waals surface area contributed by atoms with Gasteiger partial charge >= 0.3 is 0 Å². The number of fused-ring (bicyclic) bond motifs is 2. The minimum absolute atomic E-state index is 0.584. The third-order valence-electron chi connectivity index (χ3n) is 6.46. The van der Waals surface area contributed by atoms with Crippen molar-refractivity contribution in [3.8, 4) is 11.4 Å². The second-order valence-corrected chi connectivity index (χ2v) is 9.15. The number of nitrogens with zero attached hydrogens (tertiary/aromatic N) is 8. The van der Waals surface area contributed by atoms with E-state index in [2.05, 4.69) is 50.5 Å². The molecule has 0 spiro atoms. The van der Waals surface area contributed by atoms with Crippen LogP contribution in [0.1, 0.15) is 11.4 Å². The molecule has 8 nitrogen and oxygen atoms in total. The van der Waals surface area contributed by atoms with Crippen molar-refractivity contribution in [3.63, 3.8) is 0 Å². The summed E-state index contributed by atoms with van der Waals surface area (Å²) in [6.45, 7) is 0. The second kappa shape index (κ2) is 11.1. The highest BCUT2D eigenvalue weighted by atomic mass is 15.5. The molecule has 0 bridgehead atoms. The molecule has 0 aliphatic heterocycles. The molecule has 6 aromatic rings. The highest BCUT2D eigenvalue weighted by molar-refractivity contribution is 6.11. The Bertz CT molecular complexity index is 1710. The Kier molecular flexibility index (Phi) is 6.88. The summed E-state index contributed by atoms with van der Waals surface area (Å²) in [6.07, 6.45) is 6.89. The van der Waals surface area contributed by atoms with Crippen molar-refractivity contribution >= 4 is 45.6 Å². The van der Waals surface area contributed by atoms with E-state index >= 15 is 0 Å². The minimum atomic E-state index is 0.584. The van der Waals surface area contributed by atoms with Crippen LogP contribution in [-0.4, -0.2) is 46.5 Å². The predicted octanol–water partition coefficient (Wildman–Crippen LogP) is 6.18. The van der Waals surface area contributed by atoms with Crippen LogP contribution in [0.3, 0.4) is 0 Å². The molecule has 8 heteroatoms. The summed E-state index contributed by atoms with van der Waals surface area (Å²) in [6, 6.07) is 32.1. The van der Waals surface area contributed by atoms with Crippen LogP contribution in [0, 0.1) is 0 Å². The molecule has 3 heterocycles. The average Bonchev–Trinajstić information content (AvgIpc) is 3.02. The van der Waals surface area contributed by atoms with Crippen molar-refractivity contribution < 1.29 is 0 Å². The molecule has 0 fully saturated rings. The van der Waals surface area contributed by atoms with E-state index in [1.165, 1.54) is 0 Å². The summed E-state index contributed by atoms with van der Waals surface area (Å²) in [5.74, 6) is 1.81. The fourth-order valence-corrected chi connectivity index (χ4v) is 4.43. The van der Waals surface area contributed by atoms with Crippen LogP contribution in [0.4, 0.5) is 11.6 Å². The van der Waals surface area contributed by atoms with E-state index in [-0.39, 0.29) is 0 Å². The molecule has 0 unspecified atom stereocenters. The molecule has 3 aromatic carbocycles. The zero-order chi connectivity index (χ0) is 27.3. The van der Waals surface area contributed by atoms with E-state index in [9.17, 15) is 0 Å². The van der Waals surface area contributed by atoms with Gasteiger partial charge in [-0.15, -0.1) is 0 Å². The molecule has 0 saturated carbocycles. The van der Waals surface area contributed by atoms with Gasteiger partial charge in [-0.1, -0.05) is 60.7 Å². The Balaban J connectivity index is 1.50. The van der Waals surface area contributed by atoms with Gasteiger partial charge in [-0.3, -0.25) is 20.0 Å². The standard InChI is InChI=1S/C32H26N8/c1-39(35-21-25-13-7-9-17-33-25)29-20-30(40(2)36-22-26-14-8-10-18-34-26)38-32(37-29)31-27-15-5-3-11-23(27)19-24-12-4-6-16-28(24)31/h3-22H,1-2H3/b35-21+,36-22+. The van der Waals surface area contributed by atoms with Gasteiger partial charge < -0.3 is 0 Å². The molecule has 0 aliphatic rings. The van der Waals surface area contributed by atoms with Gasteiger partial charge in [-0.25, -0.2) is 9.97 Å². The first-order valence-corrected chi connectivity index (χ1v) is 12.8. The van der Waals surface area contributed by atoms with E-state index in [1.54, 1.807) is 34.8 Å². The number of aromatic nitrogens is 4. The molecule has 0 atom stereocenters. The third kappa shape index (κ3) is 5.23. The molecule has 0 radical (unpaired) electrons. The van der Waals surface area contributed by atoms with Crippen LogP contribution in [0.25, 0.3) is 32.9 Å². The van der Waals surface area contributed by atoms with Crippen molar-refractivity contribution in [2.24, 2.45) is 10.2 Å². The first-order chi connectivity index (χ1) is 19.7. The summed E-state index contributed by atoms with van der Waals surface area (Å²) >= 11 is 0. The number of anilines is 2. The van der Waals surface area contributed by atoms with Crippen molar-refractivity contribution in [1.82, 2.24) is 19.9 Å². The maximum atomic E-state index is 5.01. The summed E-state index contributed by atoms with van der Waals surface area (Å²) in [7, 11) is 3.71. The first-order valence-electron chi connectivity index (χ1n) is 12.8. The quantitative estimate of drug-likeness (QED) is 0.141. The van der Waals surface area contributed by atoms with Crippen LogP contribution in [0.2, 0.25) is 0 Å². The van der Waals surface area contributed by atoms with Crippen LogP contribution in [0.5, 0.6) is 0 Å². The van der Waals surface area contributed by atoms with E-state index in [4.69, 9.17) is 9.97 Å². The highest BCUT2D eigenvalue weighted by Crippen LogP contribution is 2.36. The molecule has 40 heavy (non-hydrogen) atoms. The Morgan fingerprint density at radius 3 is 1.52 bits per heavy atom. The molecule has 0 amide bonds. The van der Waals surface area contributed by atoms with Crippen LogP contribution in [-0.2, 0) is 0 Å². The fourth-order valence-electron chi connectivity index (χ4n) is 4.43. The van der Waals surface area contributed by atoms with Gasteiger partial charge in [-0.05, 0) is 51.9 Å². The lowest BCUT2D eigenvalue weighted by Gasteiger charge is -2.19. The highest BCUT2D eigenvalue weighted by Gasteiger charge is 2.17. The van der Waals surface area contributed by atoms with E-state index in [1.807, 2.05) is 80.8 Å². The first kappa shape index (κ1) is 24.8. The summed E-state index contributed by atoms with van der Waals surface area (Å²) in [5.41, 5.74) is 2.46. The summed E-state index contributed by atoms with van der Waals surface area (Å²) < 4.78 is 0. The van der Waals surface area contributed by atoms with E-state index in [0.717, 1.165) is 38.5 Å². The predicted molar refractivity (Wildman–Crippen MR) is 163 cm³/mol. The molecule has 0 saturated heterocycles. The van der Waals surface area contributed by atoms with E-state index < -0.39 is 0 Å². The lowest BCUT2D eigenvalue weighted by Crippen LogP contribution is -2.16. The number of hydrogen-bond donors (Lipinski definition) is 0. The van der Waals surface area contributed by atoms with Crippen molar-refractivity contribution in [1.29, 1.82) is 0 Å². The maximum absolute atomic E-state index is 5.01. The molecular weight excluding hydrogens is 496 g/mol. The van der Waals surface area contributed by atoms with Gasteiger partial charge in [0.15, 0.2) is 17.5 Å². The zero-order valence-electron chi connectivity index (χ0n) is 22.1. The number of pyridine rings is 2. The molecule has 6 rings (SSSR count). The average molecular weight is 523 g/mol. The van der Waals surface area contributed by atoms with Gasteiger partial charge in [0.1, 0.15) is 0 Å². The molecule has 0 N–H and O–H groups in total. The fraction of sp³-hybridized carbons (Fsp3) is 0.0625. The smallest absolute Gasteiger partial charge is 0.165 e. The Labute approximate surface area is 232 Å². The van der Waals surface area contributed by atoms with Gasteiger partial charge in [0.05, 0.1) is 23.8 Å². The number of benzene rings is 3. The molecule has 194 valence electrons. The minimum Gasteiger partial charge on any atom is -0.255 e. The molecule has 3 aromatic heterocycles. The largest absolute Gasteiger partial charge is 0.255 e. The Morgan fingerprint density at radius 1 is 0.575 bits per heavy atom. The molecular formula is C32H26N8. The Morgan fingerprint density at radius 2 is 1.05 bits per heavy atom. The normalized spacial score (nSPS) is 11.6. The topological polar surface area (TPSA) is 82.8 Å². The third-order valence-corrected chi connectivity index (χ3v) is 6.46. The molecule has 0 aliphatic carbocycles. The summed E-state index contributed by atoms with van der Waals surface area (Å²) in [5, 5.41) is 17.0.